The van der Waals surface area contributed by atoms with Gasteiger partial charge in [-0.2, -0.15) is 0 Å². The van der Waals surface area contributed by atoms with Gasteiger partial charge in [-0.05, 0) is 30.5 Å². The summed E-state index contributed by atoms with van der Waals surface area (Å²) in [4.78, 5) is 56.0. The number of fused-ring (bicyclic) bond motifs is 3. The minimum absolute atomic E-state index is 0.169. The van der Waals surface area contributed by atoms with Gasteiger partial charge in [0.15, 0.2) is 0 Å². The zero-order valence-electron chi connectivity index (χ0n) is 17.1. The van der Waals surface area contributed by atoms with Crippen molar-refractivity contribution in [3.05, 3.63) is 69.7 Å². The third-order valence-electron chi connectivity index (χ3n) is 7.44. The van der Waals surface area contributed by atoms with Gasteiger partial charge in [0.05, 0.1) is 17.9 Å². The van der Waals surface area contributed by atoms with Crippen molar-refractivity contribution in [2.45, 2.75) is 43.4 Å². The Bertz CT molecular complexity index is 1150. The van der Waals surface area contributed by atoms with Gasteiger partial charge >= 0.3 is 0 Å². The molecule has 1 spiro atoms. The first-order valence-corrected chi connectivity index (χ1v) is 11.7. The molecule has 0 bridgehead atoms. The number of carbonyl (C=O) groups is 4. The molecule has 2 aliphatic carbocycles. The summed E-state index contributed by atoms with van der Waals surface area (Å²) in [5, 5.41) is 0. The number of likely N-dealkylation sites (tertiary alicyclic amines) is 1. The highest BCUT2D eigenvalue weighted by Crippen LogP contribution is 2.58. The van der Waals surface area contributed by atoms with Gasteiger partial charge in [-0.15, -0.1) is 0 Å². The van der Waals surface area contributed by atoms with Gasteiger partial charge in [0, 0.05) is 21.6 Å². The molecule has 1 saturated carbocycles. The quantitative estimate of drug-likeness (QED) is 0.468. The van der Waals surface area contributed by atoms with Crippen molar-refractivity contribution in [2.24, 2.45) is 11.8 Å². The van der Waals surface area contributed by atoms with E-state index < -0.39 is 41.0 Å². The second-order valence-electron chi connectivity index (χ2n) is 9.02. The monoisotopic (exact) mass is 493 g/mol. The minimum atomic E-state index is -1.98. The van der Waals surface area contributed by atoms with Gasteiger partial charge < -0.3 is 4.74 Å². The Morgan fingerprint density at radius 1 is 0.844 bits per heavy atom. The van der Waals surface area contributed by atoms with Crippen LogP contribution in [0.25, 0.3) is 0 Å². The molecule has 2 aromatic rings. The van der Waals surface area contributed by atoms with Crippen molar-refractivity contribution in [1.29, 1.82) is 0 Å². The summed E-state index contributed by atoms with van der Waals surface area (Å²) in [6.07, 6.45) is 2.58. The van der Waals surface area contributed by atoms with Crippen molar-refractivity contribution in [3.8, 4) is 0 Å². The number of hydrogen-bond donors (Lipinski definition) is 0. The summed E-state index contributed by atoms with van der Waals surface area (Å²) in [6.45, 7) is 0. The van der Waals surface area contributed by atoms with E-state index in [4.69, 9.17) is 4.74 Å². The van der Waals surface area contributed by atoms with Gasteiger partial charge in [0.25, 0.3) is 0 Å². The largest absolute Gasteiger partial charge is 0.349 e. The lowest BCUT2D eigenvalue weighted by Gasteiger charge is -2.29. The summed E-state index contributed by atoms with van der Waals surface area (Å²) in [6, 6.07) is 13.6. The summed E-state index contributed by atoms with van der Waals surface area (Å²) in [7, 11) is 0. The van der Waals surface area contributed by atoms with Gasteiger partial charge in [-0.3, -0.25) is 24.1 Å². The summed E-state index contributed by atoms with van der Waals surface area (Å²) < 4.78 is 7.13. The predicted octanol–water partition coefficient (Wildman–Crippen LogP) is 3.88. The van der Waals surface area contributed by atoms with Crippen LogP contribution in [0.1, 0.15) is 58.1 Å². The van der Waals surface area contributed by atoms with Crippen LogP contribution in [0.2, 0.25) is 0 Å². The first-order valence-electron chi connectivity index (χ1n) is 10.9. The molecule has 3 fully saturated rings. The second-order valence-corrected chi connectivity index (χ2v) is 9.93. The number of ether oxygens (including phenoxy) is 1. The molecule has 6 nitrogen and oxygen atoms in total. The highest BCUT2D eigenvalue weighted by atomic mass is 79.9. The average molecular weight is 494 g/mol. The zero-order chi connectivity index (χ0) is 22.2. The van der Waals surface area contributed by atoms with E-state index in [0.717, 1.165) is 30.2 Å². The Hall–Kier alpha value is -2.64. The molecule has 0 unspecified atom stereocenters. The third-order valence-corrected chi connectivity index (χ3v) is 7.97. The fourth-order valence-electron chi connectivity index (χ4n) is 6.02. The van der Waals surface area contributed by atoms with Crippen LogP contribution in [-0.2, 0) is 14.3 Å². The Labute approximate surface area is 193 Å². The van der Waals surface area contributed by atoms with Crippen molar-refractivity contribution in [3.63, 3.8) is 0 Å². The molecule has 4 aliphatic rings. The fourth-order valence-corrected chi connectivity index (χ4v) is 6.28. The highest BCUT2D eigenvalue weighted by Gasteiger charge is 2.75. The summed E-state index contributed by atoms with van der Waals surface area (Å²) in [5.74, 6) is -3.83. The molecule has 0 radical (unpaired) electrons. The Morgan fingerprint density at radius 3 is 2.03 bits per heavy atom. The normalized spacial score (nSPS) is 28.8. The standard InChI is InChI=1S/C25H20BrNO5/c26-14-11-9-13(10-12-14)20-18-19(24(31)27(23(18)30)15-5-1-2-6-15)25(32-20)21(28)16-7-3-4-8-17(16)22(25)29/h3-4,7-12,15,18-20H,1-2,5-6H2/t18-,19-,20-/m0/s1. The lowest BCUT2D eigenvalue weighted by Crippen LogP contribution is -2.51. The maximum Gasteiger partial charge on any atom is 0.237 e. The van der Waals surface area contributed by atoms with E-state index in [9.17, 15) is 19.2 Å². The molecule has 2 heterocycles. The first kappa shape index (κ1) is 20.0. The number of benzene rings is 2. The number of imide groups is 1. The van der Waals surface area contributed by atoms with Crippen molar-refractivity contribution >= 4 is 39.3 Å². The number of hydrogen-bond acceptors (Lipinski definition) is 5. The molecule has 0 aromatic heterocycles. The molecule has 6 rings (SSSR count). The molecule has 0 N–H and O–H groups in total. The fraction of sp³-hybridized carbons (Fsp3) is 0.360. The number of carbonyl (C=O) groups excluding carboxylic acids is 4. The molecule has 162 valence electrons. The molecule has 2 amide bonds. The summed E-state index contributed by atoms with van der Waals surface area (Å²) in [5.41, 5.74) is -0.794. The molecule has 32 heavy (non-hydrogen) atoms. The van der Waals surface area contributed by atoms with Crippen LogP contribution in [0.4, 0.5) is 0 Å². The Kier molecular flexibility index (Phi) is 4.33. The third kappa shape index (κ3) is 2.43. The van der Waals surface area contributed by atoms with E-state index in [1.54, 1.807) is 36.4 Å². The SMILES string of the molecule is O=C1[C@H]2[C@@H](C(=O)N1C1CCCC1)C1(O[C@H]2c2ccc(Br)cc2)C(=O)c2ccccc2C1=O. The number of ketones is 2. The lowest BCUT2D eigenvalue weighted by molar-refractivity contribution is -0.147. The average Bonchev–Trinajstić information content (AvgIpc) is 3.54. The first-order chi connectivity index (χ1) is 15.4. The second kappa shape index (κ2) is 6.93. The van der Waals surface area contributed by atoms with Crippen molar-refractivity contribution < 1.29 is 23.9 Å². The minimum Gasteiger partial charge on any atom is -0.349 e. The van der Waals surface area contributed by atoms with Gasteiger partial charge in [-0.1, -0.05) is 65.2 Å². The molecule has 2 saturated heterocycles. The van der Waals surface area contributed by atoms with Gasteiger partial charge in [0.1, 0.15) is 0 Å². The zero-order valence-corrected chi connectivity index (χ0v) is 18.7. The van der Waals surface area contributed by atoms with Crippen LogP contribution in [0.15, 0.2) is 53.0 Å². The molecule has 2 aromatic carbocycles. The summed E-state index contributed by atoms with van der Waals surface area (Å²) >= 11 is 3.41. The van der Waals surface area contributed by atoms with Crippen LogP contribution in [-0.4, -0.2) is 39.9 Å². The van der Waals surface area contributed by atoms with E-state index in [1.807, 2.05) is 12.1 Å². The molecular formula is C25H20BrNO5. The van der Waals surface area contributed by atoms with E-state index >= 15 is 0 Å². The van der Waals surface area contributed by atoms with E-state index in [2.05, 4.69) is 15.9 Å². The highest BCUT2D eigenvalue weighted by molar-refractivity contribution is 9.10. The molecular weight excluding hydrogens is 474 g/mol. The number of Topliss-reactive ketones (excluding diaryl/α,β-unsaturated/α-hetero) is 2. The Morgan fingerprint density at radius 2 is 1.44 bits per heavy atom. The number of amides is 2. The van der Waals surface area contributed by atoms with E-state index in [1.165, 1.54) is 4.90 Å². The Balaban J connectivity index is 1.52. The van der Waals surface area contributed by atoms with Crippen LogP contribution in [0.5, 0.6) is 0 Å². The maximum atomic E-state index is 13.7. The van der Waals surface area contributed by atoms with Crippen molar-refractivity contribution in [2.75, 3.05) is 0 Å². The number of nitrogens with zero attached hydrogens (tertiary/aromatic N) is 1. The van der Waals surface area contributed by atoms with Gasteiger partial charge in [-0.25, -0.2) is 0 Å². The maximum absolute atomic E-state index is 13.7. The van der Waals surface area contributed by atoms with Crippen LogP contribution >= 0.6 is 15.9 Å². The van der Waals surface area contributed by atoms with E-state index in [-0.39, 0.29) is 23.1 Å². The van der Waals surface area contributed by atoms with E-state index in [0.29, 0.717) is 5.56 Å². The number of rotatable bonds is 2. The van der Waals surface area contributed by atoms with Crippen LogP contribution in [0.3, 0.4) is 0 Å². The van der Waals surface area contributed by atoms with Crippen LogP contribution < -0.4 is 0 Å². The molecule has 2 aliphatic heterocycles. The number of halogens is 1. The lowest BCUT2D eigenvalue weighted by atomic mass is 9.77. The van der Waals surface area contributed by atoms with Crippen molar-refractivity contribution in [1.82, 2.24) is 4.90 Å². The smallest absolute Gasteiger partial charge is 0.237 e. The molecule has 3 atom stereocenters. The molecule has 7 heteroatoms. The van der Waals surface area contributed by atoms with Crippen LogP contribution in [0, 0.1) is 11.8 Å². The predicted molar refractivity (Wildman–Crippen MR) is 117 cm³/mol. The van der Waals surface area contributed by atoms with Gasteiger partial charge in [0.2, 0.25) is 29.0 Å². The topological polar surface area (TPSA) is 80.8 Å².